The van der Waals surface area contributed by atoms with E-state index in [0.29, 0.717) is 29.1 Å². The lowest BCUT2D eigenvalue weighted by molar-refractivity contribution is 0.244. The normalized spacial score (nSPS) is 10.3. The van der Waals surface area contributed by atoms with Crippen molar-refractivity contribution in [3.63, 3.8) is 0 Å². The van der Waals surface area contributed by atoms with Crippen molar-refractivity contribution < 1.29 is 4.79 Å². The lowest BCUT2D eigenvalue weighted by Crippen LogP contribution is -2.36. The van der Waals surface area contributed by atoms with E-state index >= 15 is 0 Å². The number of anilines is 2. The molecule has 30 heavy (non-hydrogen) atoms. The van der Waals surface area contributed by atoms with Gasteiger partial charge in [0.1, 0.15) is 5.82 Å². The molecule has 0 aliphatic heterocycles. The summed E-state index contributed by atoms with van der Waals surface area (Å²) in [5.74, 6) is 0.450. The lowest BCUT2D eigenvalue weighted by Gasteiger charge is -2.19. The van der Waals surface area contributed by atoms with Gasteiger partial charge in [0.25, 0.3) is 0 Å². The number of hydrogen-bond acceptors (Lipinski definition) is 6. The van der Waals surface area contributed by atoms with E-state index < -0.39 is 0 Å². The zero-order chi connectivity index (χ0) is 22.1. The Balaban J connectivity index is 2.45. The maximum absolute atomic E-state index is 11.8. The number of carbonyl (C=O) groups excluding carboxylic acids is 1. The molecule has 0 bridgehead atoms. The number of pyridine rings is 1. The van der Waals surface area contributed by atoms with E-state index in [1.54, 1.807) is 30.6 Å². The highest BCUT2D eigenvalue weighted by atomic mass is 16.2. The maximum Gasteiger partial charge on any atom is 0.320 e. The van der Waals surface area contributed by atoms with Gasteiger partial charge in [0, 0.05) is 30.1 Å². The van der Waals surface area contributed by atoms with Crippen LogP contribution in [0, 0.1) is 0 Å². The molecule has 0 fully saturated rings. The number of carbonyl (C=O) groups is 1. The Morgan fingerprint density at radius 2 is 2.00 bits per heavy atom. The zero-order valence-corrected chi connectivity index (χ0v) is 16.9. The lowest BCUT2D eigenvalue weighted by atomic mass is 9.97. The Kier molecular flexibility index (Phi) is 7.64. The van der Waals surface area contributed by atoms with Gasteiger partial charge in [-0.05, 0) is 42.3 Å². The van der Waals surface area contributed by atoms with Crippen LogP contribution in [0.25, 0.3) is 16.7 Å². The Bertz CT molecular complexity index is 990. The minimum atomic E-state index is -0.371. The minimum Gasteiger partial charge on any atom is -0.397 e. The van der Waals surface area contributed by atoms with E-state index in [1.165, 1.54) is 0 Å². The highest BCUT2D eigenvalue weighted by molar-refractivity contribution is 5.91. The Morgan fingerprint density at radius 3 is 2.63 bits per heavy atom. The van der Waals surface area contributed by atoms with Gasteiger partial charge in [0.2, 0.25) is 0 Å². The van der Waals surface area contributed by atoms with Gasteiger partial charge in [0.05, 0.1) is 17.2 Å². The van der Waals surface area contributed by atoms with Crippen LogP contribution in [0.3, 0.4) is 0 Å². The van der Waals surface area contributed by atoms with Crippen LogP contribution in [0.2, 0.25) is 0 Å². The van der Waals surface area contributed by atoms with Crippen LogP contribution in [-0.2, 0) is 0 Å². The van der Waals surface area contributed by atoms with E-state index in [1.807, 2.05) is 31.2 Å². The summed E-state index contributed by atoms with van der Waals surface area (Å²) in [6.45, 7) is 10.3. The summed E-state index contributed by atoms with van der Waals surface area (Å²) in [5, 5.41) is 8.31. The summed E-state index contributed by atoms with van der Waals surface area (Å²) in [6, 6.07) is 7.15. The van der Waals surface area contributed by atoms with Crippen molar-refractivity contribution in [1.82, 2.24) is 15.6 Å². The molecule has 2 rings (SSSR count). The van der Waals surface area contributed by atoms with Gasteiger partial charge in [-0.25, -0.2) is 4.79 Å². The fourth-order valence-corrected chi connectivity index (χ4v) is 2.65. The van der Waals surface area contributed by atoms with Crippen molar-refractivity contribution in [2.45, 2.75) is 6.92 Å². The number of benzene rings is 1. The molecular formula is C22H27N7O. The Hall–Kier alpha value is -4.20. The monoisotopic (exact) mass is 405 g/mol. The third-order valence-electron chi connectivity index (χ3n) is 3.97. The Morgan fingerprint density at radius 1 is 1.23 bits per heavy atom. The topological polar surface area (TPSA) is 144 Å². The van der Waals surface area contributed by atoms with Crippen molar-refractivity contribution >= 4 is 23.0 Å². The average Bonchev–Trinajstić information content (AvgIpc) is 2.69. The molecule has 9 N–H and O–H groups in total. The molecule has 156 valence electrons. The second kappa shape index (κ2) is 10.4. The quantitative estimate of drug-likeness (QED) is 0.294. The van der Waals surface area contributed by atoms with Crippen LogP contribution in [0.1, 0.15) is 12.5 Å². The molecule has 1 aromatic carbocycles. The van der Waals surface area contributed by atoms with Gasteiger partial charge < -0.3 is 27.8 Å². The number of amides is 2. The Labute approximate surface area is 176 Å². The summed E-state index contributed by atoms with van der Waals surface area (Å²) < 4.78 is 0. The molecule has 1 aromatic heterocycles. The molecule has 8 heteroatoms. The SMILES string of the molecule is C=C(NC(=O)NCC)Nc1c(N)cc(-c2cccnc2)cc1C(=C)/C=C\C=C(N)N. The number of nitrogens with zero attached hydrogens (tertiary/aromatic N) is 1. The number of urea groups is 1. The van der Waals surface area contributed by atoms with Gasteiger partial charge in [-0.2, -0.15) is 0 Å². The summed E-state index contributed by atoms with van der Waals surface area (Å²) in [7, 11) is 0. The summed E-state index contributed by atoms with van der Waals surface area (Å²) >= 11 is 0. The highest BCUT2D eigenvalue weighted by Gasteiger charge is 2.13. The van der Waals surface area contributed by atoms with Gasteiger partial charge in [-0.3, -0.25) is 10.3 Å². The highest BCUT2D eigenvalue weighted by Crippen LogP contribution is 2.35. The first-order valence-corrected chi connectivity index (χ1v) is 9.25. The smallest absolute Gasteiger partial charge is 0.320 e. The summed E-state index contributed by atoms with van der Waals surface area (Å²) in [5.41, 5.74) is 21.4. The van der Waals surface area contributed by atoms with Gasteiger partial charge in [0.15, 0.2) is 0 Å². The molecule has 0 radical (unpaired) electrons. The largest absolute Gasteiger partial charge is 0.397 e. The molecular weight excluding hydrogens is 378 g/mol. The van der Waals surface area contributed by atoms with Crippen LogP contribution in [0.15, 0.2) is 79.7 Å². The number of nitrogen functional groups attached to an aromatic ring is 1. The van der Waals surface area contributed by atoms with Gasteiger partial charge in [-0.1, -0.05) is 31.4 Å². The van der Waals surface area contributed by atoms with Crippen LogP contribution < -0.4 is 33.2 Å². The van der Waals surface area contributed by atoms with Crippen LogP contribution in [0.4, 0.5) is 16.2 Å². The number of rotatable bonds is 8. The van der Waals surface area contributed by atoms with E-state index in [-0.39, 0.29) is 17.7 Å². The summed E-state index contributed by atoms with van der Waals surface area (Å²) in [4.78, 5) is 15.9. The van der Waals surface area contributed by atoms with Crippen molar-refractivity contribution in [3.8, 4) is 11.1 Å². The van der Waals surface area contributed by atoms with Crippen LogP contribution >= 0.6 is 0 Å². The first-order valence-electron chi connectivity index (χ1n) is 9.25. The van der Waals surface area contributed by atoms with Gasteiger partial charge >= 0.3 is 6.03 Å². The molecule has 2 aromatic rings. The third-order valence-corrected chi connectivity index (χ3v) is 3.97. The average molecular weight is 406 g/mol. The predicted octanol–water partition coefficient (Wildman–Crippen LogP) is 2.86. The van der Waals surface area contributed by atoms with Crippen molar-refractivity contribution in [3.05, 3.63) is 85.3 Å². The summed E-state index contributed by atoms with van der Waals surface area (Å²) in [6.07, 6.45) is 8.45. The minimum absolute atomic E-state index is 0.181. The van der Waals surface area contributed by atoms with Crippen LogP contribution in [0.5, 0.6) is 0 Å². The molecule has 0 saturated carbocycles. The molecule has 0 atom stereocenters. The number of hydrogen-bond donors (Lipinski definition) is 6. The fourth-order valence-electron chi connectivity index (χ4n) is 2.65. The van der Waals surface area contributed by atoms with Gasteiger partial charge in [-0.15, -0.1) is 0 Å². The third kappa shape index (κ3) is 6.16. The fraction of sp³-hybridized carbons (Fsp3) is 0.0909. The molecule has 1 heterocycles. The zero-order valence-electron chi connectivity index (χ0n) is 16.9. The molecule has 0 spiro atoms. The first-order chi connectivity index (χ1) is 14.3. The van der Waals surface area contributed by atoms with Crippen molar-refractivity contribution in [1.29, 1.82) is 0 Å². The number of nitrogens with two attached hydrogens (primary N) is 3. The second-order valence-corrected chi connectivity index (χ2v) is 6.37. The molecule has 8 nitrogen and oxygen atoms in total. The van der Waals surface area contributed by atoms with Crippen molar-refractivity contribution in [2.75, 3.05) is 17.6 Å². The number of allylic oxidation sites excluding steroid dienone is 4. The predicted molar refractivity (Wildman–Crippen MR) is 124 cm³/mol. The van der Waals surface area contributed by atoms with E-state index in [4.69, 9.17) is 17.2 Å². The molecule has 0 saturated heterocycles. The van der Waals surface area contributed by atoms with E-state index in [9.17, 15) is 4.79 Å². The second-order valence-electron chi connectivity index (χ2n) is 6.37. The molecule has 0 aliphatic rings. The molecule has 0 aliphatic carbocycles. The number of nitrogens with one attached hydrogen (secondary N) is 3. The van der Waals surface area contributed by atoms with Crippen LogP contribution in [-0.4, -0.2) is 17.6 Å². The number of aromatic nitrogens is 1. The van der Waals surface area contributed by atoms with E-state index in [0.717, 1.165) is 11.1 Å². The van der Waals surface area contributed by atoms with Crippen molar-refractivity contribution in [2.24, 2.45) is 11.5 Å². The van der Waals surface area contributed by atoms with E-state index in [2.05, 4.69) is 34.1 Å². The molecule has 0 unspecified atom stereocenters. The first kappa shape index (κ1) is 22.1. The standard InChI is InChI=1S/C22H27N7O/c1-4-27-22(30)29-15(3)28-21-18(14(2)7-5-9-20(24)25)11-17(12-19(21)23)16-8-6-10-26-13-16/h5-13,28H,2-4,23-25H2,1H3,(H2,27,29,30)/b7-5-. The molecule has 2 amide bonds. The maximum atomic E-state index is 11.8.